The fourth-order valence-electron chi connectivity index (χ4n) is 3.68. The number of sulfonamides is 1. The van der Waals surface area contributed by atoms with Gasteiger partial charge < -0.3 is 16.5 Å². The number of para-hydroxylation sites is 1. The molecule has 0 saturated carbocycles. The smallest absolute Gasteiger partial charge is 0.316 e. The van der Waals surface area contributed by atoms with Crippen molar-refractivity contribution < 1.29 is 25.6 Å². The molecule has 186 valence electrons. The first-order chi connectivity index (χ1) is 16.4. The summed E-state index contributed by atoms with van der Waals surface area (Å²) in [5.41, 5.74) is 10.9. The maximum atomic E-state index is 14.2. The largest absolute Gasteiger partial charge is 0.337 e. The van der Waals surface area contributed by atoms with Gasteiger partial charge in [0.2, 0.25) is 10.0 Å². The minimum absolute atomic E-state index is 0.0605. The summed E-state index contributed by atoms with van der Waals surface area (Å²) in [6, 6.07) is 6.90. The monoisotopic (exact) mass is 526 g/mol. The number of benzene rings is 2. The number of nitrogens with one attached hydrogen (secondary N) is 1. The van der Waals surface area contributed by atoms with Gasteiger partial charge in [-0.2, -0.15) is 13.9 Å². The van der Waals surface area contributed by atoms with Gasteiger partial charge in [0.15, 0.2) is 28.2 Å². The molecule has 0 spiro atoms. The van der Waals surface area contributed by atoms with Crippen LogP contribution in [0.5, 0.6) is 0 Å². The number of sulfone groups is 1. The van der Waals surface area contributed by atoms with Gasteiger partial charge in [-0.25, -0.2) is 32.0 Å². The highest BCUT2D eigenvalue weighted by molar-refractivity contribution is 7.93. The number of nitrogens with two attached hydrogens (primary N) is 3. The van der Waals surface area contributed by atoms with Gasteiger partial charge in [0.1, 0.15) is 4.90 Å². The molecule has 35 heavy (non-hydrogen) atoms. The number of hydrogen-bond donors (Lipinski definition) is 4. The predicted octanol–water partition coefficient (Wildman–Crippen LogP) is 0.830. The van der Waals surface area contributed by atoms with Crippen LogP contribution in [0, 0.1) is 0 Å². The number of azo groups is 1. The molecule has 0 saturated heterocycles. The van der Waals surface area contributed by atoms with Crippen molar-refractivity contribution >= 4 is 36.7 Å². The molecular weight excluding hydrogens is 506 g/mol. The second-order valence-corrected chi connectivity index (χ2v) is 11.1. The first-order valence-electron chi connectivity index (χ1n) is 10.0. The molecule has 0 amide bonds. The number of aromatic amines is 1. The molecule has 0 radical (unpaired) electrons. The minimum Gasteiger partial charge on any atom is -0.337 e. The van der Waals surface area contributed by atoms with E-state index in [9.17, 15) is 25.6 Å². The highest BCUT2D eigenvalue weighted by atomic mass is 32.2. The summed E-state index contributed by atoms with van der Waals surface area (Å²) in [5, 5.41) is 13.0. The first kappa shape index (κ1) is 24.9. The fraction of sp³-hybridized carbons (Fsp3) is 0.263. The van der Waals surface area contributed by atoms with Crippen molar-refractivity contribution in [3.63, 3.8) is 0 Å². The normalized spacial score (nSPS) is 14.6. The standard InChI is InChI=1S/C19H20F2N8O4S2/c20-19(21,8-23)18-27-12-3-1-2-11(15(12)28-18)10-4-5-13(34(30,31)7-6-22)16(35(24,32)33)14(10)17-25-9-26-29-17/h1-5H,6-9,22-23H2,(H,27,28)(H2,24,32,33). The average Bonchev–Trinajstić information content (AvgIpc) is 3.47. The predicted molar refractivity (Wildman–Crippen MR) is 123 cm³/mol. The summed E-state index contributed by atoms with van der Waals surface area (Å²) < 4.78 is 79.6. The molecule has 2 aromatic carbocycles. The summed E-state index contributed by atoms with van der Waals surface area (Å²) in [4.78, 5) is 9.23. The first-order valence-corrected chi connectivity index (χ1v) is 13.2. The van der Waals surface area contributed by atoms with Gasteiger partial charge in [0, 0.05) is 12.1 Å². The summed E-state index contributed by atoms with van der Waals surface area (Å²) in [7, 11) is -8.86. The molecule has 16 heteroatoms. The van der Waals surface area contributed by atoms with Gasteiger partial charge >= 0.3 is 5.92 Å². The van der Waals surface area contributed by atoms with Crippen LogP contribution in [0.15, 0.2) is 55.3 Å². The fourth-order valence-corrected chi connectivity index (χ4v) is 6.43. The zero-order valence-electron chi connectivity index (χ0n) is 17.9. The van der Waals surface area contributed by atoms with E-state index >= 15 is 0 Å². The Morgan fingerprint density at radius 1 is 1.06 bits per heavy atom. The number of H-pyrrole nitrogens is 1. The molecule has 0 aliphatic carbocycles. The van der Waals surface area contributed by atoms with Gasteiger partial charge in [0.05, 0.1) is 33.8 Å². The van der Waals surface area contributed by atoms with Gasteiger partial charge in [-0.15, -0.1) is 5.11 Å². The van der Waals surface area contributed by atoms with Crippen molar-refractivity contribution in [2.45, 2.75) is 15.7 Å². The lowest BCUT2D eigenvalue weighted by atomic mass is 9.97. The summed E-state index contributed by atoms with van der Waals surface area (Å²) in [6.45, 7) is -1.39. The lowest BCUT2D eigenvalue weighted by Crippen LogP contribution is -2.26. The van der Waals surface area contributed by atoms with Gasteiger partial charge in [-0.3, -0.25) is 0 Å². The SMILES string of the molecule is NCCS(=O)(=O)c1ccc(-c2cccc3[nH]c(C(F)(F)CN)nc23)c(C2=NCN=N2)c1S(N)(=O)=O. The molecule has 1 aliphatic rings. The Morgan fingerprint density at radius 3 is 2.40 bits per heavy atom. The third-order valence-electron chi connectivity index (χ3n) is 5.21. The number of amidine groups is 1. The van der Waals surface area contributed by atoms with Crippen molar-refractivity contribution in [1.82, 2.24) is 9.97 Å². The maximum Gasteiger partial charge on any atom is 0.316 e. The van der Waals surface area contributed by atoms with Crippen molar-refractivity contribution in [3.8, 4) is 11.1 Å². The van der Waals surface area contributed by atoms with Crippen molar-refractivity contribution in [2.75, 3.05) is 25.5 Å². The Hall–Kier alpha value is -3.18. The highest BCUT2D eigenvalue weighted by Crippen LogP contribution is 2.38. The van der Waals surface area contributed by atoms with E-state index < -0.39 is 53.7 Å². The summed E-state index contributed by atoms with van der Waals surface area (Å²) in [6.07, 6.45) is 0. The van der Waals surface area contributed by atoms with E-state index in [1.165, 1.54) is 24.3 Å². The molecule has 1 aliphatic heterocycles. The molecule has 2 heterocycles. The second kappa shape index (κ2) is 8.80. The molecule has 1 aromatic heterocycles. The number of aromatic nitrogens is 2. The lowest BCUT2D eigenvalue weighted by molar-refractivity contribution is -0.00236. The average molecular weight is 527 g/mol. The van der Waals surface area contributed by atoms with Gasteiger partial charge in [-0.05, 0) is 17.7 Å². The molecule has 0 bridgehead atoms. The zero-order chi connectivity index (χ0) is 25.6. The summed E-state index contributed by atoms with van der Waals surface area (Å²) >= 11 is 0. The van der Waals surface area contributed by atoms with Crippen LogP contribution in [-0.2, 0) is 25.8 Å². The number of nitrogens with zero attached hydrogens (tertiary/aromatic N) is 4. The Bertz CT molecular complexity index is 1600. The van der Waals surface area contributed by atoms with Crippen molar-refractivity contribution in [1.29, 1.82) is 0 Å². The number of hydrogen-bond acceptors (Lipinski definition) is 10. The molecule has 0 atom stereocenters. The lowest BCUT2D eigenvalue weighted by Gasteiger charge is -2.17. The third kappa shape index (κ3) is 4.45. The Kier molecular flexibility index (Phi) is 6.26. The molecule has 7 N–H and O–H groups in total. The van der Waals surface area contributed by atoms with Crippen molar-refractivity contribution in [2.24, 2.45) is 31.8 Å². The Morgan fingerprint density at radius 2 is 1.80 bits per heavy atom. The molecule has 4 rings (SSSR count). The highest BCUT2D eigenvalue weighted by Gasteiger charge is 2.35. The number of halogens is 2. The Balaban J connectivity index is 2.12. The zero-order valence-corrected chi connectivity index (χ0v) is 19.6. The number of aliphatic imine (C=N–C) groups is 1. The topological polar surface area (TPSA) is 212 Å². The van der Waals surface area contributed by atoms with E-state index in [1.807, 2.05) is 0 Å². The van der Waals surface area contributed by atoms with Crippen LogP contribution in [0.3, 0.4) is 0 Å². The van der Waals surface area contributed by atoms with E-state index in [1.54, 1.807) is 0 Å². The second-order valence-electron chi connectivity index (χ2n) is 7.53. The minimum atomic E-state index is -4.68. The van der Waals surface area contributed by atoms with Gasteiger partial charge in [0.25, 0.3) is 0 Å². The number of alkyl halides is 2. The third-order valence-corrected chi connectivity index (χ3v) is 8.11. The molecule has 0 fully saturated rings. The van der Waals surface area contributed by atoms with Crippen LogP contribution in [0.4, 0.5) is 8.78 Å². The van der Waals surface area contributed by atoms with E-state index in [2.05, 4.69) is 25.2 Å². The maximum absolute atomic E-state index is 14.2. The number of imidazole rings is 1. The molecule has 0 unspecified atom stereocenters. The van der Waals surface area contributed by atoms with Crippen LogP contribution in [0.2, 0.25) is 0 Å². The van der Waals surface area contributed by atoms with Crippen LogP contribution < -0.4 is 16.6 Å². The van der Waals surface area contributed by atoms with E-state index in [0.717, 1.165) is 6.07 Å². The van der Waals surface area contributed by atoms with Crippen molar-refractivity contribution in [3.05, 3.63) is 41.7 Å². The van der Waals surface area contributed by atoms with E-state index in [0.29, 0.717) is 0 Å². The van der Waals surface area contributed by atoms with Crippen LogP contribution in [0.25, 0.3) is 22.2 Å². The molecule has 12 nitrogen and oxygen atoms in total. The molecule has 3 aromatic rings. The number of rotatable bonds is 8. The van der Waals surface area contributed by atoms with Crippen LogP contribution >= 0.6 is 0 Å². The quantitative estimate of drug-likeness (QED) is 0.331. The van der Waals surface area contributed by atoms with Gasteiger partial charge in [-0.1, -0.05) is 18.2 Å². The Labute approximate surface area is 198 Å². The summed E-state index contributed by atoms with van der Waals surface area (Å²) in [5.74, 6) is -4.87. The number of primary sulfonamides is 1. The van der Waals surface area contributed by atoms with E-state index in [-0.39, 0.29) is 46.8 Å². The van der Waals surface area contributed by atoms with E-state index in [4.69, 9.17) is 16.6 Å². The van der Waals surface area contributed by atoms with Crippen LogP contribution in [-0.4, -0.2) is 58.2 Å². The number of fused-ring (bicyclic) bond motifs is 1. The van der Waals surface area contributed by atoms with Crippen LogP contribution in [0.1, 0.15) is 11.4 Å². The molecular formula is C19H20F2N8O4S2.